The van der Waals surface area contributed by atoms with Gasteiger partial charge in [0.05, 0.1) is 6.10 Å². The van der Waals surface area contributed by atoms with Crippen LogP contribution in [0.2, 0.25) is 0 Å². The van der Waals surface area contributed by atoms with Gasteiger partial charge in [-0.3, -0.25) is 4.79 Å². The zero-order valence-corrected chi connectivity index (χ0v) is 18.7. The van der Waals surface area contributed by atoms with Gasteiger partial charge in [0, 0.05) is 57.1 Å². The molecule has 1 aromatic carbocycles. The average Bonchev–Trinajstić information content (AvgIpc) is 3.12. The van der Waals surface area contributed by atoms with Crippen LogP contribution in [-0.2, 0) is 16.1 Å². The van der Waals surface area contributed by atoms with Gasteiger partial charge < -0.3 is 25.2 Å². The topological polar surface area (TPSA) is 73.9 Å². The van der Waals surface area contributed by atoms with Crippen molar-refractivity contribution in [2.24, 2.45) is 5.92 Å². The number of carbonyl (C=O) groups excluding carboxylic acids is 2. The fourth-order valence-electron chi connectivity index (χ4n) is 3.94. The Morgan fingerprint density at radius 3 is 2.50 bits per heavy atom. The molecule has 7 nitrogen and oxygen atoms in total. The van der Waals surface area contributed by atoms with Crippen molar-refractivity contribution in [1.82, 2.24) is 10.2 Å². The molecule has 2 fully saturated rings. The number of nitrogens with zero attached hydrogens (tertiary/aromatic N) is 2. The summed E-state index contributed by atoms with van der Waals surface area (Å²) in [6, 6.07) is 5.92. The van der Waals surface area contributed by atoms with E-state index in [1.807, 2.05) is 55.9 Å². The maximum Gasteiger partial charge on any atom is 0.317 e. The second kappa shape index (κ2) is 10.2. The van der Waals surface area contributed by atoms with Gasteiger partial charge in [0.15, 0.2) is 0 Å². The SMILES string of the molecule is CC(C)NC(=O)N(Cc1cc(NC(=O)C2CCC2)ccc1N(C)C)C[C@@H]1CCCO1. The van der Waals surface area contributed by atoms with Crippen molar-refractivity contribution in [2.75, 3.05) is 37.5 Å². The quantitative estimate of drug-likeness (QED) is 0.679. The molecule has 0 bridgehead atoms. The Bertz CT molecular complexity index is 740. The molecular weight excluding hydrogens is 380 g/mol. The highest BCUT2D eigenvalue weighted by atomic mass is 16.5. The minimum atomic E-state index is -0.0888. The Balaban J connectivity index is 1.79. The lowest BCUT2D eigenvalue weighted by Gasteiger charge is -2.29. The van der Waals surface area contributed by atoms with E-state index in [1.54, 1.807) is 0 Å². The minimum Gasteiger partial charge on any atom is -0.377 e. The highest BCUT2D eigenvalue weighted by Crippen LogP contribution is 2.29. The fourth-order valence-corrected chi connectivity index (χ4v) is 3.94. The summed E-state index contributed by atoms with van der Waals surface area (Å²) in [5, 5.41) is 6.07. The van der Waals surface area contributed by atoms with Gasteiger partial charge in [-0.05, 0) is 63.3 Å². The third kappa shape index (κ3) is 5.88. The molecule has 0 aromatic heterocycles. The van der Waals surface area contributed by atoms with E-state index in [1.165, 1.54) is 0 Å². The number of urea groups is 1. The third-order valence-corrected chi connectivity index (χ3v) is 5.81. The van der Waals surface area contributed by atoms with Gasteiger partial charge >= 0.3 is 6.03 Å². The zero-order valence-electron chi connectivity index (χ0n) is 18.7. The summed E-state index contributed by atoms with van der Waals surface area (Å²) in [5.74, 6) is 0.230. The second-order valence-electron chi connectivity index (χ2n) is 8.97. The highest BCUT2D eigenvalue weighted by Gasteiger charge is 2.26. The van der Waals surface area contributed by atoms with Gasteiger partial charge in [-0.1, -0.05) is 6.42 Å². The molecule has 3 amide bonds. The smallest absolute Gasteiger partial charge is 0.317 e. The van der Waals surface area contributed by atoms with Crippen molar-refractivity contribution in [3.05, 3.63) is 23.8 Å². The first-order chi connectivity index (χ1) is 14.3. The normalized spacial score (nSPS) is 18.8. The molecule has 1 atom stereocenters. The molecule has 1 heterocycles. The lowest BCUT2D eigenvalue weighted by molar-refractivity contribution is -0.122. The van der Waals surface area contributed by atoms with E-state index in [0.29, 0.717) is 13.1 Å². The first kappa shape index (κ1) is 22.4. The molecule has 0 spiro atoms. The van der Waals surface area contributed by atoms with Crippen LogP contribution in [0.1, 0.15) is 51.5 Å². The number of anilines is 2. The molecule has 2 N–H and O–H groups in total. The number of benzene rings is 1. The van der Waals surface area contributed by atoms with Crippen LogP contribution in [0.3, 0.4) is 0 Å². The van der Waals surface area contributed by atoms with Crippen LogP contribution in [0.5, 0.6) is 0 Å². The Labute approximate surface area is 180 Å². The summed E-state index contributed by atoms with van der Waals surface area (Å²) in [6.45, 7) is 5.70. The van der Waals surface area contributed by atoms with Crippen LogP contribution in [0.4, 0.5) is 16.2 Å². The number of ether oxygens (including phenoxy) is 1. The fraction of sp³-hybridized carbons (Fsp3) is 0.652. The summed E-state index contributed by atoms with van der Waals surface area (Å²) in [5.41, 5.74) is 2.82. The third-order valence-electron chi connectivity index (χ3n) is 5.81. The summed E-state index contributed by atoms with van der Waals surface area (Å²) < 4.78 is 5.79. The van der Waals surface area contributed by atoms with Crippen molar-refractivity contribution in [3.8, 4) is 0 Å². The molecule has 3 rings (SSSR count). The minimum absolute atomic E-state index is 0.0610. The van der Waals surface area contributed by atoms with Gasteiger partial charge in [-0.2, -0.15) is 0 Å². The number of hydrogen-bond donors (Lipinski definition) is 2. The summed E-state index contributed by atoms with van der Waals surface area (Å²) >= 11 is 0. The van der Waals surface area contributed by atoms with E-state index in [9.17, 15) is 9.59 Å². The number of rotatable bonds is 8. The summed E-state index contributed by atoms with van der Waals surface area (Å²) in [6.07, 6.45) is 5.16. The van der Waals surface area contributed by atoms with E-state index in [0.717, 1.165) is 55.6 Å². The zero-order chi connectivity index (χ0) is 21.7. The Hall–Kier alpha value is -2.28. The molecule has 0 unspecified atom stereocenters. The van der Waals surface area contributed by atoms with Crippen LogP contribution >= 0.6 is 0 Å². The lowest BCUT2D eigenvalue weighted by atomic mass is 9.85. The van der Waals surface area contributed by atoms with Crippen LogP contribution in [0.15, 0.2) is 18.2 Å². The molecule has 1 aliphatic carbocycles. The van der Waals surface area contributed by atoms with Gasteiger partial charge in [-0.25, -0.2) is 4.79 Å². The van der Waals surface area contributed by atoms with E-state index < -0.39 is 0 Å². The van der Waals surface area contributed by atoms with E-state index in [2.05, 4.69) is 10.6 Å². The molecule has 2 aliphatic rings. The highest BCUT2D eigenvalue weighted by molar-refractivity contribution is 5.93. The standard InChI is InChI=1S/C23H36N4O3/c1-16(2)24-23(29)27(15-20-9-6-12-30-20)14-18-13-19(10-11-21(18)26(3)4)25-22(28)17-7-5-8-17/h10-11,13,16-17,20H,5-9,12,14-15H2,1-4H3,(H,24,29)(H,25,28)/t20-/m0/s1. The van der Waals surface area contributed by atoms with Gasteiger partial charge in [-0.15, -0.1) is 0 Å². The van der Waals surface area contributed by atoms with Crippen LogP contribution in [-0.4, -0.2) is 56.2 Å². The molecule has 0 radical (unpaired) electrons. The Morgan fingerprint density at radius 1 is 1.17 bits per heavy atom. The maximum absolute atomic E-state index is 12.9. The first-order valence-corrected chi connectivity index (χ1v) is 11.1. The number of amides is 3. The monoisotopic (exact) mass is 416 g/mol. The van der Waals surface area contributed by atoms with Crippen molar-refractivity contribution in [3.63, 3.8) is 0 Å². The van der Waals surface area contributed by atoms with Crippen molar-refractivity contribution in [2.45, 2.75) is 64.6 Å². The number of carbonyl (C=O) groups is 2. The molecule has 7 heteroatoms. The maximum atomic E-state index is 12.9. The van der Waals surface area contributed by atoms with Crippen LogP contribution in [0.25, 0.3) is 0 Å². The van der Waals surface area contributed by atoms with Crippen LogP contribution < -0.4 is 15.5 Å². The number of nitrogens with one attached hydrogen (secondary N) is 2. The van der Waals surface area contributed by atoms with E-state index in [4.69, 9.17) is 4.74 Å². The predicted molar refractivity (Wildman–Crippen MR) is 120 cm³/mol. The average molecular weight is 417 g/mol. The largest absolute Gasteiger partial charge is 0.377 e. The Morgan fingerprint density at radius 2 is 1.93 bits per heavy atom. The van der Waals surface area contributed by atoms with E-state index >= 15 is 0 Å². The first-order valence-electron chi connectivity index (χ1n) is 11.1. The molecule has 30 heavy (non-hydrogen) atoms. The van der Waals surface area contributed by atoms with Gasteiger partial charge in [0.1, 0.15) is 0 Å². The molecular formula is C23H36N4O3. The van der Waals surface area contributed by atoms with Gasteiger partial charge in [0.2, 0.25) is 5.91 Å². The molecule has 1 saturated heterocycles. The lowest BCUT2D eigenvalue weighted by Crippen LogP contribution is -2.45. The second-order valence-corrected chi connectivity index (χ2v) is 8.97. The van der Waals surface area contributed by atoms with Gasteiger partial charge in [0.25, 0.3) is 0 Å². The van der Waals surface area contributed by atoms with E-state index in [-0.39, 0.29) is 30.0 Å². The van der Waals surface area contributed by atoms with Crippen LogP contribution in [0, 0.1) is 5.92 Å². The van der Waals surface area contributed by atoms with Crippen molar-refractivity contribution in [1.29, 1.82) is 0 Å². The summed E-state index contributed by atoms with van der Waals surface area (Å²) in [7, 11) is 3.98. The molecule has 1 saturated carbocycles. The number of hydrogen-bond acceptors (Lipinski definition) is 4. The molecule has 166 valence electrons. The van der Waals surface area contributed by atoms with Crippen molar-refractivity contribution >= 4 is 23.3 Å². The molecule has 1 aromatic rings. The van der Waals surface area contributed by atoms with Crippen molar-refractivity contribution < 1.29 is 14.3 Å². The molecule has 1 aliphatic heterocycles. The predicted octanol–water partition coefficient (Wildman–Crippen LogP) is 3.59. The summed E-state index contributed by atoms with van der Waals surface area (Å²) in [4.78, 5) is 29.2. The Kier molecular flexibility index (Phi) is 7.58.